The fourth-order valence-electron chi connectivity index (χ4n) is 2.79. The number of hydrogen-bond donors (Lipinski definition) is 2. The summed E-state index contributed by atoms with van der Waals surface area (Å²) in [5.74, 6) is 0. The molecule has 6 nitrogen and oxygen atoms in total. The van der Waals surface area contributed by atoms with Crippen LogP contribution in [0.2, 0.25) is 0 Å². The van der Waals surface area contributed by atoms with Crippen molar-refractivity contribution in [1.29, 1.82) is 0 Å². The van der Waals surface area contributed by atoms with Crippen molar-refractivity contribution in [2.24, 2.45) is 5.41 Å². The first kappa shape index (κ1) is 16.5. The van der Waals surface area contributed by atoms with Gasteiger partial charge in [0.15, 0.2) is 5.03 Å². The van der Waals surface area contributed by atoms with E-state index >= 15 is 0 Å². The van der Waals surface area contributed by atoms with Crippen LogP contribution in [-0.4, -0.2) is 43.1 Å². The third-order valence-corrected chi connectivity index (χ3v) is 6.14. The van der Waals surface area contributed by atoms with E-state index in [0.29, 0.717) is 19.6 Å². The molecule has 0 aromatic carbocycles. The van der Waals surface area contributed by atoms with Crippen molar-refractivity contribution in [2.45, 2.75) is 51.6 Å². The number of aromatic nitrogens is 2. The highest BCUT2D eigenvalue weighted by atomic mass is 32.2. The van der Waals surface area contributed by atoms with Crippen LogP contribution in [0.3, 0.4) is 0 Å². The molecule has 0 radical (unpaired) electrons. The van der Waals surface area contributed by atoms with E-state index in [0.717, 1.165) is 30.5 Å². The molecule has 1 saturated heterocycles. The van der Waals surface area contributed by atoms with Crippen molar-refractivity contribution >= 4 is 10.0 Å². The summed E-state index contributed by atoms with van der Waals surface area (Å²) >= 11 is 0. The average Bonchev–Trinajstić information content (AvgIpc) is 2.65. The lowest BCUT2D eigenvalue weighted by molar-refractivity contribution is 0.314. The topological polar surface area (TPSA) is 78.1 Å². The lowest BCUT2D eigenvalue weighted by Crippen LogP contribution is -2.33. The number of H-pyrrole nitrogens is 1. The molecule has 1 aliphatic heterocycles. The van der Waals surface area contributed by atoms with Gasteiger partial charge in [-0.3, -0.25) is 5.10 Å². The Labute approximate surface area is 127 Å². The summed E-state index contributed by atoms with van der Waals surface area (Å²) in [7, 11) is -1.71. The second-order valence-corrected chi connectivity index (χ2v) is 8.44. The molecule has 21 heavy (non-hydrogen) atoms. The fraction of sp³-hybridized carbons (Fsp3) is 0.786. The minimum atomic E-state index is -3.52. The first-order valence-electron chi connectivity index (χ1n) is 7.46. The minimum Gasteiger partial charge on any atom is -0.316 e. The normalized spacial score (nSPS) is 20.4. The number of hydrogen-bond acceptors (Lipinski definition) is 4. The first-order chi connectivity index (χ1) is 9.78. The summed E-state index contributed by atoms with van der Waals surface area (Å²) < 4.78 is 27.3. The Kier molecular flexibility index (Phi) is 4.75. The van der Waals surface area contributed by atoms with E-state index < -0.39 is 10.0 Å². The number of nitrogens with one attached hydrogen (secondary N) is 2. The van der Waals surface area contributed by atoms with Gasteiger partial charge in [0.1, 0.15) is 0 Å². The molecular formula is C14H26N4O2S. The minimum absolute atomic E-state index is 0.175. The van der Waals surface area contributed by atoms with Crippen LogP contribution in [0, 0.1) is 12.3 Å². The summed E-state index contributed by atoms with van der Waals surface area (Å²) in [5, 5.41) is 10.0. The van der Waals surface area contributed by atoms with Crippen LogP contribution in [0.15, 0.2) is 5.03 Å². The van der Waals surface area contributed by atoms with E-state index in [1.165, 1.54) is 0 Å². The average molecular weight is 314 g/mol. The second kappa shape index (κ2) is 6.06. The molecule has 0 spiro atoms. The molecule has 0 atom stereocenters. The molecule has 2 rings (SSSR count). The zero-order chi connectivity index (χ0) is 15.7. The van der Waals surface area contributed by atoms with E-state index in [4.69, 9.17) is 0 Å². The van der Waals surface area contributed by atoms with Crippen LogP contribution >= 0.6 is 0 Å². The van der Waals surface area contributed by atoms with E-state index in [9.17, 15) is 8.42 Å². The molecule has 120 valence electrons. The number of rotatable bonds is 4. The van der Waals surface area contributed by atoms with Gasteiger partial charge in [-0.25, -0.2) is 8.42 Å². The highest BCUT2D eigenvalue weighted by molar-refractivity contribution is 7.89. The molecule has 1 fully saturated rings. The molecule has 0 amide bonds. The van der Waals surface area contributed by atoms with Gasteiger partial charge in [-0.05, 0) is 38.6 Å². The van der Waals surface area contributed by atoms with Crippen LogP contribution in [0.1, 0.15) is 44.4 Å². The van der Waals surface area contributed by atoms with Crippen LogP contribution in [0.25, 0.3) is 0 Å². The molecule has 1 aliphatic rings. The smallest absolute Gasteiger partial charge is 0.262 e. The number of nitrogens with zero attached hydrogens (tertiary/aromatic N) is 2. The highest BCUT2D eigenvalue weighted by Crippen LogP contribution is 2.32. The Morgan fingerprint density at radius 2 is 2.05 bits per heavy atom. The maximum absolute atomic E-state index is 12.9. The van der Waals surface area contributed by atoms with Crippen LogP contribution in [0.4, 0.5) is 0 Å². The van der Waals surface area contributed by atoms with Gasteiger partial charge in [0.25, 0.3) is 10.0 Å². The van der Waals surface area contributed by atoms with Gasteiger partial charge in [0.05, 0.1) is 0 Å². The Balaban J connectivity index is 2.30. The van der Waals surface area contributed by atoms with Gasteiger partial charge in [0.2, 0.25) is 0 Å². The van der Waals surface area contributed by atoms with Gasteiger partial charge in [-0.15, -0.1) is 0 Å². The molecule has 1 aromatic rings. The second-order valence-electron chi connectivity index (χ2n) is 6.58. The maximum Gasteiger partial charge on any atom is 0.262 e. The van der Waals surface area contributed by atoms with Gasteiger partial charge >= 0.3 is 0 Å². The molecule has 0 saturated carbocycles. The van der Waals surface area contributed by atoms with Crippen molar-refractivity contribution in [2.75, 3.05) is 20.1 Å². The molecule has 2 heterocycles. The van der Waals surface area contributed by atoms with Gasteiger partial charge in [-0.1, -0.05) is 13.8 Å². The SMILES string of the molecule is CNCc1c(S(=O)(=O)N2CCCC(C)(C)CC2)n[nH]c1C. The number of aryl methyl sites for hydroxylation is 1. The van der Waals surface area contributed by atoms with Crippen LogP contribution in [-0.2, 0) is 16.6 Å². The quantitative estimate of drug-likeness (QED) is 0.885. The fourth-order valence-corrected chi connectivity index (χ4v) is 4.43. The molecule has 7 heteroatoms. The summed E-state index contributed by atoms with van der Waals surface area (Å²) in [4.78, 5) is 0. The largest absolute Gasteiger partial charge is 0.316 e. The van der Waals surface area contributed by atoms with E-state index in [1.807, 2.05) is 6.92 Å². The third kappa shape index (κ3) is 3.46. The molecule has 2 N–H and O–H groups in total. The zero-order valence-electron chi connectivity index (χ0n) is 13.4. The first-order valence-corrected chi connectivity index (χ1v) is 8.90. The van der Waals surface area contributed by atoms with Crippen molar-refractivity contribution in [3.63, 3.8) is 0 Å². The van der Waals surface area contributed by atoms with E-state index in [1.54, 1.807) is 11.4 Å². The molecule has 0 bridgehead atoms. The van der Waals surface area contributed by atoms with Crippen molar-refractivity contribution in [1.82, 2.24) is 19.8 Å². The van der Waals surface area contributed by atoms with Gasteiger partial charge in [-0.2, -0.15) is 9.40 Å². The van der Waals surface area contributed by atoms with Crippen LogP contribution < -0.4 is 5.32 Å². The summed E-state index contributed by atoms with van der Waals surface area (Å²) in [5.41, 5.74) is 1.75. The zero-order valence-corrected chi connectivity index (χ0v) is 14.2. The Morgan fingerprint density at radius 1 is 1.33 bits per heavy atom. The molecular weight excluding hydrogens is 288 g/mol. The predicted molar refractivity (Wildman–Crippen MR) is 82.5 cm³/mol. The number of aromatic amines is 1. The lowest BCUT2D eigenvalue weighted by atomic mass is 9.85. The summed E-state index contributed by atoms with van der Waals surface area (Å²) in [6.07, 6.45) is 2.84. The van der Waals surface area contributed by atoms with Crippen molar-refractivity contribution in [3.05, 3.63) is 11.3 Å². The van der Waals surface area contributed by atoms with Crippen molar-refractivity contribution in [3.8, 4) is 0 Å². The molecule has 0 unspecified atom stereocenters. The standard InChI is InChI=1S/C14H26N4O2S/c1-11-12(10-15-4)13(17-16-11)21(19,20)18-8-5-6-14(2,3)7-9-18/h15H,5-10H2,1-4H3,(H,16,17). The molecule has 1 aromatic heterocycles. The highest BCUT2D eigenvalue weighted by Gasteiger charge is 2.33. The predicted octanol–water partition coefficient (Wildman–Crippen LogP) is 1.64. The summed E-state index contributed by atoms with van der Waals surface area (Å²) in [6.45, 7) is 7.90. The monoisotopic (exact) mass is 314 g/mol. The maximum atomic E-state index is 12.9. The Morgan fingerprint density at radius 3 is 2.71 bits per heavy atom. The van der Waals surface area contributed by atoms with Gasteiger partial charge in [0, 0.05) is 30.9 Å². The lowest BCUT2D eigenvalue weighted by Gasteiger charge is -2.22. The van der Waals surface area contributed by atoms with E-state index in [-0.39, 0.29) is 10.4 Å². The molecule has 0 aliphatic carbocycles. The van der Waals surface area contributed by atoms with Gasteiger partial charge < -0.3 is 5.32 Å². The van der Waals surface area contributed by atoms with Crippen LogP contribution in [0.5, 0.6) is 0 Å². The van der Waals surface area contributed by atoms with E-state index in [2.05, 4.69) is 29.4 Å². The number of sulfonamides is 1. The Hall–Kier alpha value is -0.920. The Bertz CT molecular complexity index is 592. The third-order valence-electron chi connectivity index (χ3n) is 4.27. The summed E-state index contributed by atoms with van der Waals surface area (Å²) in [6, 6.07) is 0. The van der Waals surface area contributed by atoms with Crippen molar-refractivity contribution < 1.29 is 8.42 Å².